The molecule has 0 radical (unpaired) electrons. The Bertz CT molecular complexity index is 1350. The van der Waals surface area contributed by atoms with Gasteiger partial charge in [0.15, 0.2) is 0 Å². The number of nitrogens with zero attached hydrogens (tertiary/aromatic N) is 1. The first-order valence-corrected chi connectivity index (χ1v) is 10.6. The molecule has 1 aliphatic rings. The fraction of sp³-hybridized carbons (Fsp3) is 0.120. The largest absolute Gasteiger partial charge is 0.418 e. The van der Waals surface area contributed by atoms with Crippen LogP contribution in [0.25, 0.3) is 0 Å². The van der Waals surface area contributed by atoms with E-state index >= 15 is 0 Å². The SMILES string of the molecule is O=C(Nc1ccc(NC(=O)c2ccccc2F)cc1C(F)(F)F)c1ccc(N2C(=O)CCC2=O)cc1. The molecular formula is C25H17F4N3O4. The molecule has 4 rings (SSSR count). The lowest BCUT2D eigenvalue weighted by molar-refractivity contribution is -0.137. The molecule has 0 bridgehead atoms. The van der Waals surface area contributed by atoms with Crippen LogP contribution in [0.15, 0.2) is 66.7 Å². The monoisotopic (exact) mass is 499 g/mol. The smallest absolute Gasteiger partial charge is 0.322 e. The quantitative estimate of drug-likeness (QED) is 0.382. The zero-order valence-corrected chi connectivity index (χ0v) is 18.4. The van der Waals surface area contributed by atoms with Crippen molar-refractivity contribution in [2.75, 3.05) is 15.5 Å². The minimum absolute atomic E-state index is 0.0112. The lowest BCUT2D eigenvalue weighted by Crippen LogP contribution is -2.28. The Labute approximate surface area is 201 Å². The maximum absolute atomic E-state index is 13.8. The van der Waals surface area contributed by atoms with Crippen molar-refractivity contribution in [1.29, 1.82) is 0 Å². The number of hydrogen-bond acceptors (Lipinski definition) is 4. The molecule has 1 aliphatic heterocycles. The molecule has 3 aromatic carbocycles. The van der Waals surface area contributed by atoms with E-state index in [0.717, 1.165) is 23.1 Å². The average molecular weight is 499 g/mol. The maximum Gasteiger partial charge on any atom is 0.418 e. The highest BCUT2D eigenvalue weighted by molar-refractivity contribution is 6.20. The summed E-state index contributed by atoms with van der Waals surface area (Å²) in [6, 6.07) is 13.0. The van der Waals surface area contributed by atoms with E-state index in [9.17, 15) is 36.7 Å². The number of halogens is 4. The zero-order chi connectivity index (χ0) is 26.0. The summed E-state index contributed by atoms with van der Waals surface area (Å²) >= 11 is 0. The summed E-state index contributed by atoms with van der Waals surface area (Å²) in [4.78, 5) is 49.5. The second-order valence-corrected chi connectivity index (χ2v) is 7.82. The van der Waals surface area contributed by atoms with E-state index in [2.05, 4.69) is 10.6 Å². The van der Waals surface area contributed by atoms with E-state index in [1.807, 2.05) is 0 Å². The number of alkyl halides is 3. The molecule has 3 aromatic rings. The van der Waals surface area contributed by atoms with Crippen molar-refractivity contribution in [3.63, 3.8) is 0 Å². The van der Waals surface area contributed by atoms with Crippen LogP contribution in [0.3, 0.4) is 0 Å². The summed E-state index contributed by atoms with van der Waals surface area (Å²) < 4.78 is 54.9. The number of nitrogens with one attached hydrogen (secondary N) is 2. The Kier molecular flexibility index (Phi) is 6.56. The predicted molar refractivity (Wildman–Crippen MR) is 122 cm³/mol. The van der Waals surface area contributed by atoms with Gasteiger partial charge in [0.05, 0.1) is 22.5 Å². The molecule has 11 heteroatoms. The molecule has 1 fully saturated rings. The van der Waals surface area contributed by atoms with Crippen LogP contribution in [0.2, 0.25) is 0 Å². The van der Waals surface area contributed by atoms with Crippen molar-refractivity contribution in [2.24, 2.45) is 0 Å². The molecule has 1 saturated heterocycles. The first kappa shape index (κ1) is 24.6. The topological polar surface area (TPSA) is 95.6 Å². The second-order valence-electron chi connectivity index (χ2n) is 7.82. The number of amides is 4. The normalized spacial score (nSPS) is 13.6. The number of hydrogen-bond donors (Lipinski definition) is 2. The van der Waals surface area contributed by atoms with E-state index in [-0.39, 0.29) is 47.2 Å². The van der Waals surface area contributed by atoms with Crippen LogP contribution >= 0.6 is 0 Å². The van der Waals surface area contributed by atoms with Gasteiger partial charge in [-0.1, -0.05) is 12.1 Å². The fourth-order valence-corrected chi connectivity index (χ4v) is 3.63. The molecule has 0 aromatic heterocycles. The van der Waals surface area contributed by atoms with Gasteiger partial charge in [-0.15, -0.1) is 0 Å². The molecule has 0 atom stereocenters. The zero-order valence-electron chi connectivity index (χ0n) is 18.4. The number of carbonyl (C=O) groups is 4. The van der Waals surface area contributed by atoms with E-state index in [1.165, 1.54) is 42.5 Å². The number of benzene rings is 3. The predicted octanol–water partition coefficient (Wildman–Crippen LogP) is 5.00. The van der Waals surface area contributed by atoms with E-state index < -0.39 is 35.1 Å². The molecule has 184 valence electrons. The van der Waals surface area contributed by atoms with Gasteiger partial charge in [0, 0.05) is 24.1 Å². The molecule has 36 heavy (non-hydrogen) atoms. The van der Waals surface area contributed by atoms with Crippen LogP contribution in [0, 0.1) is 5.82 Å². The van der Waals surface area contributed by atoms with Crippen molar-refractivity contribution in [2.45, 2.75) is 19.0 Å². The molecule has 2 N–H and O–H groups in total. The molecule has 0 saturated carbocycles. The summed E-state index contributed by atoms with van der Waals surface area (Å²) in [6.45, 7) is 0. The third kappa shape index (κ3) is 5.09. The summed E-state index contributed by atoms with van der Waals surface area (Å²) in [7, 11) is 0. The molecule has 0 spiro atoms. The van der Waals surface area contributed by atoms with Gasteiger partial charge < -0.3 is 10.6 Å². The van der Waals surface area contributed by atoms with Gasteiger partial charge >= 0.3 is 6.18 Å². The third-order valence-electron chi connectivity index (χ3n) is 5.39. The molecule has 1 heterocycles. The number of rotatable bonds is 5. The Hall–Kier alpha value is -4.54. The highest BCUT2D eigenvalue weighted by Crippen LogP contribution is 2.37. The molecule has 4 amide bonds. The number of anilines is 3. The highest BCUT2D eigenvalue weighted by atomic mass is 19.4. The van der Waals surface area contributed by atoms with Crippen LogP contribution in [0.4, 0.5) is 34.6 Å². The first-order chi connectivity index (χ1) is 17.0. The summed E-state index contributed by atoms with van der Waals surface area (Å²) in [5, 5.41) is 4.39. The fourth-order valence-electron chi connectivity index (χ4n) is 3.63. The van der Waals surface area contributed by atoms with Gasteiger partial charge in [0.1, 0.15) is 5.82 Å². The standard InChI is InChI=1S/C25H17F4N3O4/c26-19-4-2-1-3-17(19)24(36)30-15-7-10-20(18(13-15)25(27,28)29)31-23(35)14-5-8-16(9-6-14)32-21(33)11-12-22(32)34/h1-10,13H,11-12H2,(H,30,36)(H,31,35). The van der Waals surface area contributed by atoms with E-state index in [0.29, 0.717) is 6.07 Å². The van der Waals surface area contributed by atoms with Gasteiger partial charge in [0.2, 0.25) is 11.8 Å². The summed E-state index contributed by atoms with van der Waals surface area (Å²) in [5.74, 6) is -3.40. The molecule has 7 nitrogen and oxygen atoms in total. The van der Waals surface area contributed by atoms with Crippen LogP contribution in [-0.4, -0.2) is 23.6 Å². The first-order valence-electron chi connectivity index (χ1n) is 10.6. The van der Waals surface area contributed by atoms with E-state index in [4.69, 9.17) is 0 Å². The van der Waals surface area contributed by atoms with Crippen molar-refractivity contribution in [1.82, 2.24) is 0 Å². The Morgan fingerprint density at radius 2 is 1.44 bits per heavy atom. The van der Waals surface area contributed by atoms with Gasteiger partial charge in [-0.3, -0.25) is 24.1 Å². The van der Waals surface area contributed by atoms with Crippen LogP contribution < -0.4 is 15.5 Å². The van der Waals surface area contributed by atoms with Gasteiger partial charge in [0.25, 0.3) is 11.8 Å². The van der Waals surface area contributed by atoms with Crippen molar-refractivity contribution < 1.29 is 36.7 Å². The highest BCUT2D eigenvalue weighted by Gasteiger charge is 2.35. The lowest BCUT2D eigenvalue weighted by Gasteiger charge is -2.17. The maximum atomic E-state index is 13.8. The average Bonchev–Trinajstić information content (AvgIpc) is 3.17. The number of carbonyl (C=O) groups excluding carboxylic acids is 4. The molecule has 0 aliphatic carbocycles. The van der Waals surface area contributed by atoms with Gasteiger partial charge in [-0.05, 0) is 54.6 Å². The summed E-state index contributed by atoms with van der Waals surface area (Å²) in [5.41, 5.74) is -2.15. The van der Waals surface area contributed by atoms with Crippen molar-refractivity contribution in [3.8, 4) is 0 Å². The van der Waals surface area contributed by atoms with Crippen LogP contribution in [0.5, 0.6) is 0 Å². The molecular weight excluding hydrogens is 482 g/mol. The van der Waals surface area contributed by atoms with Crippen molar-refractivity contribution >= 4 is 40.7 Å². The van der Waals surface area contributed by atoms with Gasteiger partial charge in [-0.2, -0.15) is 13.2 Å². The van der Waals surface area contributed by atoms with Crippen molar-refractivity contribution in [3.05, 3.63) is 89.2 Å². The van der Waals surface area contributed by atoms with E-state index in [1.54, 1.807) is 0 Å². The minimum atomic E-state index is -4.89. The number of imide groups is 1. The third-order valence-corrected chi connectivity index (χ3v) is 5.39. The Balaban J connectivity index is 1.54. The Morgan fingerprint density at radius 3 is 2.06 bits per heavy atom. The van der Waals surface area contributed by atoms with Gasteiger partial charge in [-0.25, -0.2) is 4.39 Å². The molecule has 0 unspecified atom stereocenters. The summed E-state index contributed by atoms with van der Waals surface area (Å²) in [6.07, 6.45) is -4.72. The minimum Gasteiger partial charge on any atom is -0.322 e. The Morgan fingerprint density at radius 1 is 0.806 bits per heavy atom. The van der Waals surface area contributed by atoms with Crippen LogP contribution in [0.1, 0.15) is 39.1 Å². The van der Waals surface area contributed by atoms with Crippen LogP contribution in [-0.2, 0) is 15.8 Å². The lowest BCUT2D eigenvalue weighted by atomic mass is 10.1. The second kappa shape index (κ2) is 9.61.